The minimum atomic E-state index is -0.687. The zero-order chi connectivity index (χ0) is 19.0. The molecule has 0 aliphatic heterocycles. The average molecular weight is 389 g/mol. The molecule has 0 radical (unpaired) electrons. The van der Waals surface area contributed by atoms with Crippen LogP contribution >= 0.6 is 11.6 Å². The molecule has 0 bridgehead atoms. The monoisotopic (exact) mass is 388 g/mol. The van der Waals surface area contributed by atoms with Crippen LogP contribution in [0.3, 0.4) is 0 Å². The Labute approximate surface area is 157 Å². The van der Waals surface area contributed by atoms with Crippen LogP contribution in [0.15, 0.2) is 40.0 Å². The van der Waals surface area contributed by atoms with Gasteiger partial charge < -0.3 is 8.92 Å². The van der Waals surface area contributed by atoms with Gasteiger partial charge in [-0.25, -0.2) is 15.2 Å². The number of aromatic nitrogens is 4. The highest BCUT2D eigenvalue weighted by Crippen LogP contribution is 2.31. The summed E-state index contributed by atoms with van der Waals surface area (Å²) in [5, 5.41) is 4.57. The summed E-state index contributed by atoms with van der Waals surface area (Å²) in [4.78, 5) is 20.2. The number of carbonyl (C=O) groups is 1. The molecule has 0 atom stereocenters. The lowest BCUT2D eigenvalue weighted by atomic mass is 9.99. The zero-order valence-electron chi connectivity index (χ0n) is 13.9. The fourth-order valence-electron chi connectivity index (χ4n) is 2.93. The normalized spacial score (nSPS) is 14.2. The number of nitrogen functional groups attached to an aromatic ring is 1. The number of rotatable bonds is 4. The molecule has 0 fully saturated rings. The van der Waals surface area contributed by atoms with Gasteiger partial charge >= 0.3 is 11.8 Å². The maximum atomic E-state index is 13.8. The second kappa shape index (κ2) is 6.93. The van der Waals surface area contributed by atoms with Crippen molar-refractivity contribution in [3.63, 3.8) is 0 Å². The number of imidazole rings is 1. The summed E-state index contributed by atoms with van der Waals surface area (Å²) in [5.41, 5.74) is 4.88. The van der Waals surface area contributed by atoms with E-state index in [4.69, 9.17) is 22.0 Å². The van der Waals surface area contributed by atoms with Crippen molar-refractivity contribution in [3.8, 4) is 0 Å². The summed E-state index contributed by atoms with van der Waals surface area (Å²) in [6, 6.07) is 2.94. The van der Waals surface area contributed by atoms with Gasteiger partial charge in [-0.1, -0.05) is 22.8 Å². The number of amides is 1. The molecule has 0 saturated heterocycles. The first kappa shape index (κ1) is 17.4. The summed E-state index contributed by atoms with van der Waals surface area (Å²) in [6.07, 6.45) is 6.68. The third-order valence-corrected chi connectivity index (χ3v) is 4.52. The molecule has 3 aromatic rings. The van der Waals surface area contributed by atoms with Gasteiger partial charge in [-0.3, -0.25) is 10.2 Å². The third-order valence-electron chi connectivity index (χ3n) is 4.20. The molecule has 8 nitrogen and oxygen atoms in total. The van der Waals surface area contributed by atoms with E-state index in [2.05, 4.69) is 15.1 Å². The summed E-state index contributed by atoms with van der Waals surface area (Å²) in [7, 11) is 0. The summed E-state index contributed by atoms with van der Waals surface area (Å²) < 4.78 is 20.4. The van der Waals surface area contributed by atoms with E-state index in [0.717, 1.165) is 10.6 Å². The van der Waals surface area contributed by atoms with Gasteiger partial charge in [0.25, 0.3) is 0 Å². The van der Waals surface area contributed by atoms with Crippen molar-refractivity contribution in [2.75, 3.05) is 0 Å². The SMILES string of the molecule is NNC(=O)c1nc(Cc2c(C3=CC=C(Cl)CC3)nc3ccc(F)cn23)no1. The number of carbonyl (C=O) groups excluding carboxylic acids is 1. The van der Waals surface area contributed by atoms with Crippen molar-refractivity contribution in [1.82, 2.24) is 25.0 Å². The van der Waals surface area contributed by atoms with Gasteiger partial charge in [0, 0.05) is 11.2 Å². The molecule has 0 spiro atoms. The van der Waals surface area contributed by atoms with Gasteiger partial charge in [0.15, 0.2) is 5.82 Å². The largest absolute Gasteiger partial charge is 0.328 e. The Morgan fingerprint density at radius 2 is 2.19 bits per heavy atom. The number of nitrogens with zero attached hydrogens (tertiary/aromatic N) is 4. The summed E-state index contributed by atoms with van der Waals surface area (Å²) >= 11 is 6.05. The molecule has 3 heterocycles. The molecule has 10 heteroatoms. The minimum absolute atomic E-state index is 0.191. The van der Waals surface area contributed by atoms with Crippen LogP contribution < -0.4 is 11.3 Å². The topological polar surface area (TPSA) is 111 Å². The lowest BCUT2D eigenvalue weighted by Crippen LogP contribution is -2.30. The molecule has 4 rings (SSSR count). The molecule has 3 N–H and O–H groups in total. The van der Waals surface area contributed by atoms with E-state index in [0.29, 0.717) is 29.9 Å². The molecular weight excluding hydrogens is 375 g/mol. The summed E-state index contributed by atoms with van der Waals surface area (Å²) in [5.74, 6) is 3.99. The first-order valence-electron chi connectivity index (χ1n) is 8.11. The number of pyridine rings is 1. The lowest BCUT2D eigenvalue weighted by molar-refractivity contribution is 0.0910. The van der Waals surface area contributed by atoms with Crippen molar-refractivity contribution >= 4 is 28.7 Å². The first-order valence-corrected chi connectivity index (χ1v) is 8.48. The van der Waals surface area contributed by atoms with Gasteiger partial charge in [-0.2, -0.15) is 4.98 Å². The molecule has 0 saturated carbocycles. The van der Waals surface area contributed by atoms with E-state index in [1.807, 2.05) is 17.6 Å². The van der Waals surface area contributed by atoms with Crippen molar-refractivity contribution < 1.29 is 13.7 Å². The highest BCUT2D eigenvalue weighted by atomic mass is 35.5. The molecule has 27 heavy (non-hydrogen) atoms. The number of hydrogen-bond acceptors (Lipinski definition) is 6. The Bertz CT molecular complexity index is 1100. The smallest absolute Gasteiger partial charge is 0.323 e. The highest BCUT2D eigenvalue weighted by Gasteiger charge is 2.21. The number of halogens is 2. The Hall–Kier alpha value is -3.04. The zero-order valence-corrected chi connectivity index (χ0v) is 14.7. The minimum Gasteiger partial charge on any atom is -0.328 e. The van der Waals surface area contributed by atoms with Crippen molar-refractivity contribution in [2.24, 2.45) is 5.84 Å². The Morgan fingerprint density at radius 3 is 2.93 bits per heavy atom. The van der Waals surface area contributed by atoms with E-state index in [9.17, 15) is 9.18 Å². The van der Waals surface area contributed by atoms with Crippen molar-refractivity contribution in [3.05, 3.63) is 64.4 Å². The predicted molar refractivity (Wildman–Crippen MR) is 95.1 cm³/mol. The standard InChI is InChI=1S/C17H14ClFN6O2/c18-10-3-1-9(2-4-10)15-12(25-8-11(19)5-6-14(25)22-15)7-13-21-17(27-24-13)16(26)23-20/h1,3,5-6,8H,2,4,7,20H2,(H,23,26). The maximum Gasteiger partial charge on any atom is 0.323 e. The quantitative estimate of drug-likeness (QED) is 0.403. The molecule has 1 amide bonds. The number of hydrazine groups is 1. The van der Waals surface area contributed by atoms with E-state index in [1.54, 1.807) is 10.5 Å². The fourth-order valence-corrected chi connectivity index (χ4v) is 3.09. The lowest BCUT2D eigenvalue weighted by Gasteiger charge is -2.10. The van der Waals surface area contributed by atoms with E-state index < -0.39 is 11.7 Å². The number of allylic oxidation sites excluding steroid dienone is 4. The van der Waals surface area contributed by atoms with Crippen molar-refractivity contribution in [1.29, 1.82) is 0 Å². The number of nitrogens with two attached hydrogens (primary N) is 1. The molecular formula is C17H14ClFN6O2. The summed E-state index contributed by atoms with van der Waals surface area (Å²) in [6.45, 7) is 0. The second-order valence-corrected chi connectivity index (χ2v) is 6.44. The van der Waals surface area contributed by atoms with Crippen LogP contribution in [-0.2, 0) is 6.42 Å². The highest BCUT2D eigenvalue weighted by molar-refractivity contribution is 6.29. The van der Waals surface area contributed by atoms with Crippen LogP contribution in [-0.4, -0.2) is 25.4 Å². The van der Waals surface area contributed by atoms with E-state index in [-0.39, 0.29) is 18.1 Å². The molecule has 3 aromatic heterocycles. The Morgan fingerprint density at radius 1 is 1.33 bits per heavy atom. The van der Waals surface area contributed by atoms with Crippen LogP contribution in [0, 0.1) is 5.82 Å². The van der Waals surface area contributed by atoms with Crippen LogP contribution in [0.4, 0.5) is 4.39 Å². The van der Waals surface area contributed by atoms with Crippen LogP contribution in [0.2, 0.25) is 0 Å². The second-order valence-electron chi connectivity index (χ2n) is 5.95. The first-order chi connectivity index (χ1) is 13.0. The molecule has 0 unspecified atom stereocenters. The van der Waals surface area contributed by atoms with E-state index in [1.165, 1.54) is 12.3 Å². The number of hydrogen-bond donors (Lipinski definition) is 2. The van der Waals surface area contributed by atoms with Gasteiger partial charge in [-0.15, -0.1) is 0 Å². The van der Waals surface area contributed by atoms with Gasteiger partial charge in [-0.05, 0) is 36.6 Å². The van der Waals surface area contributed by atoms with Gasteiger partial charge in [0.2, 0.25) is 0 Å². The number of nitrogens with one attached hydrogen (secondary N) is 1. The molecule has 138 valence electrons. The fraction of sp³-hybridized carbons (Fsp3) is 0.176. The van der Waals surface area contributed by atoms with Crippen LogP contribution in [0.1, 0.15) is 40.7 Å². The third kappa shape index (κ3) is 3.34. The van der Waals surface area contributed by atoms with E-state index >= 15 is 0 Å². The van der Waals surface area contributed by atoms with Gasteiger partial charge in [0.05, 0.1) is 17.8 Å². The van der Waals surface area contributed by atoms with Crippen LogP contribution in [0.5, 0.6) is 0 Å². The average Bonchev–Trinajstić information content (AvgIpc) is 3.27. The molecule has 0 aromatic carbocycles. The Balaban J connectivity index is 1.80. The Kier molecular flexibility index (Phi) is 4.46. The predicted octanol–water partition coefficient (Wildman–Crippen LogP) is 2.35. The number of fused-ring (bicyclic) bond motifs is 1. The molecule has 1 aliphatic rings. The van der Waals surface area contributed by atoms with Crippen molar-refractivity contribution in [2.45, 2.75) is 19.3 Å². The molecule has 1 aliphatic carbocycles. The maximum absolute atomic E-state index is 13.8. The van der Waals surface area contributed by atoms with Crippen LogP contribution in [0.25, 0.3) is 11.2 Å². The van der Waals surface area contributed by atoms with Gasteiger partial charge in [0.1, 0.15) is 11.5 Å².